The molecule has 0 aliphatic carbocycles. The van der Waals surface area contributed by atoms with Crippen molar-refractivity contribution in [2.75, 3.05) is 6.54 Å². The standard InChI is InChI=1S/C13H15F2NO/c1-3-4-16-8(2)12-6-9-5-10(14)7-11(15)13(9)17-12/h5-8,16H,3-4H2,1-2H3. The lowest BCUT2D eigenvalue weighted by Gasteiger charge is -2.09. The lowest BCUT2D eigenvalue weighted by atomic mass is 10.2. The predicted octanol–water partition coefficient (Wildman–Crippen LogP) is 3.77. The van der Waals surface area contributed by atoms with E-state index in [1.165, 1.54) is 6.07 Å². The first-order valence-electron chi connectivity index (χ1n) is 5.73. The molecule has 17 heavy (non-hydrogen) atoms. The van der Waals surface area contributed by atoms with Crippen LogP contribution in [0.2, 0.25) is 0 Å². The number of furan rings is 1. The maximum Gasteiger partial charge on any atom is 0.170 e. The summed E-state index contributed by atoms with van der Waals surface area (Å²) in [5.74, 6) is -0.622. The summed E-state index contributed by atoms with van der Waals surface area (Å²) in [6, 6.07) is 3.77. The second-order valence-electron chi connectivity index (χ2n) is 4.13. The second kappa shape index (κ2) is 4.84. The molecule has 4 heteroatoms. The number of halogens is 2. The summed E-state index contributed by atoms with van der Waals surface area (Å²) in [6.07, 6.45) is 1.01. The SMILES string of the molecule is CCCNC(C)c1cc2cc(F)cc(F)c2o1. The number of fused-ring (bicyclic) bond motifs is 1. The molecule has 0 radical (unpaired) electrons. The molecule has 1 N–H and O–H groups in total. The van der Waals surface area contributed by atoms with Crippen molar-refractivity contribution in [3.8, 4) is 0 Å². The maximum atomic E-state index is 13.4. The monoisotopic (exact) mass is 239 g/mol. The van der Waals surface area contributed by atoms with Crippen LogP contribution in [0.15, 0.2) is 22.6 Å². The number of nitrogens with one attached hydrogen (secondary N) is 1. The van der Waals surface area contributed by atoms with Gasteiger partial charge in [0.25, 0.3) is 0 Å². The molecule has 0 spiro atoms. The number of hydrogen-bond donors (Lipinski definition) is 1. The molecule has 0 aliphatic rings. The molecule has 0 saturated carbocycles. The molecular weight excluding hydrogens is 224 g/mol. The summed E-state index contributed by atoms with van der Waals surface area (Å²) in [5.41, 5.74) is 0.117. The quantitative estimate of drug-likeness (QED) is 0.878. The van der Waals surface area contributed by atoms with Crippen LogP contribution in [0.4, 0.5) is 8.78 Å². The summed E-state index contributed by atoms with van der Waals surface area (Å²) in [5, 5.41) is 3.69. The van der Waals surface area contributed by atoms with Crippen molar-refractivity contribution in [3.05, 3.63) is 35.6 Å². The highest BCUT2D eigenvalue weighted by Gasteiger charge is 2.14. The van der Waals surface area contributed by atoms with Crippen LogP contribution in [0.1, 0.15) is 32.1 Å². The Morgan fingerprint density at radius 2 is 2.06 bits per heavy atom. The van der Waals surface area contributed by atoms with Gasteiger partial charge < -0.3 is 9.73 Å². The molecule has 92 valence electrons. The smallest absolute Gasteiger partial charge is 0.170 e. The Labute approximate surface area is 98.6 Å². The van der Waals surface area contributed by atoms with E-state index in [2.05, 4.69) is 12.2 Å². The van der Waals surface area contributed by atoms with Gasteiger partial charge in [-0.1, -0.05) is 6.92 Å². The summed E-state index contributed by atoms with van der Waals surface area (Å²) in [7, 11) is 0. The van der Waals surface area contributed by atoms with Crippen molar-refractivity contribution in [3.63, 3.8) is 0 Å². The van der Waals surface area contributed by atoms with Crippen molar-refractivity contribution in [1.82, 2.24) is 5.32 Å². The minimum Gasteiger partial charge on any atom is -0.456 e. The molecule has 0 aliphatic heterocycles. The number of benzene rings is 1. The number of rotatable bonds is 4. The highest BCUT2D eigenvalue weighted by Crippen LogP contribution is 2.26. The van der Waals surface area contributed by atoms with E-state index in [1.807, 2.05) is 6.92 Å². The first kappa shape index (κ1) is 12.0. The Bertz CT molecular complexity index is 521. The van der Waals surface area contributed by atoms with Gasteiger partial charge in [-0.3, -0.25) is 0 Å². The lowest BCUT2D eigenvalue weighted by molar-refractivity contribution is 0.442. The fourth-order valence-electron chi connectivity index (χ4n) is 1.77. The Balaban J connectivity index is 2.34. The van der Waals surface area contributed by atoms with E-state index in [-0.39, 0.29) is 11.6 Å². The van der Waals surface area contributed by atoms with Gasteiger partial charge in [-0.2, -0.15) is 0 Å². The van der Waals surface area contributed by atoms with E-state index in [1.54, 1.807) is 6.07 Å². The van der Waals surface area contributed by atoms with Crippen LogP contribution in [-0.2, 0) is 0 Å². The Morgan fingerprint density at radius 1 is 1.29 bits per heavy atom. The normalized spacial score (nSPS) is 13.2. The van der Waals surface area contributed by atoms with Crippen molar-refractivity contribution >= 4 is 11.0 Å². The topological polar surface area (TPSA) is 25.2 Å². The van der Waals surface area contributed by atoms with Gasteiger partial charge in [-0.25, -0.2) is 8.78 Å². The van der Waals surface area contributed by atoms with Crippen LogP contribution in [-0.4, -0.2) is 6.54 Å². The molecule has 0 amide bonds. The van der Waals surface area contributed by atoms with Gasteiger partial charge in [0.05, 0.1) is 6.04 Å². The van der Waals surface area contributed by atoms with Crippen LogP contribution < -0.4 is 5.32 Å². The number of hydrogen-bond acceptors (Lipinski definition) is 2. The van der Waals surface area contributed by atoms with Crippen LogP contribution >= 0.6 is 0 Å². The van der Waals surface area contributed by atoms with E-state index in [0.717, 1.165) is 19.0 Å². The van der Waals surface area contributed by atoms with Crippen LogP contribution in [0.25, 0.3) is 11.0 Å². The largest absolute Gasteiger partial charge is 0.456 e. The molecule has 1 aromatic carbocycles. The summed E-state index contributed by atoms with van der Waals surface area (Å²) < 4.78 is 31.8. The average Bonchev–Trinajstić information content (AvgIpc) is 2.69. The van der Waals surface area contributed by atoms with Gasteiger partial charge >= 0.3 is 0 Å². The molecular formula is C13H15F2NO. The molecule has 0 bridgehead atoms. The Morgan fingerprint density at radius 3 is 2.76 bits per heavy atom. The summed E-state index contributed by atoms with van der Waals surface area (Å²) in [4.78, 5) is 0. The van der Waals surface area contributed by atoms with Gasteiger partial charge in [-0.05, 0) is 32.0 Å². The molecule has 0 saturated heterocycles. The first-order chi connectivity index (χ1) is 8.11. The summed E-state index contributed by atoms with van der Waals surface area (Å²) >= 11 is 0. The molecule has 1 atom stereocenters. The van der Waals surface area contributed by atoms with Crippen LogP contribution in [0, 0.1) is 11.6 Å². The van der Waals surface area contributed by atoms with Crippen LogP contribution in [0.3, 0.4) is 0 Å². The van der Waals surface area contributed by atoms with E-state index in [0.29, 0.717) is 11.1 Å². The van der Waals surface area contributed by atoms with Gasteiger partial charge in [0.2, 0.25) is 0 Å². The zero-order valence-electron chi connectivity index (χ0n) is 9.89. The zero-order valence-corrected chi connectivity index (χ0v) is 9.89. The van der Waals surface area contributed by atoms with E-state index in [4.69, 9.17) is 4.42 Å². The molecule has 2 nitrogen and oxygen atoms in total. The van der Waals surface area contributed by atoms with Gasteiger partial charge in [0.1, 0.15) is 11.6 Å². The predicted molar refractivity (Wildman–Crippen MR) is 62.8 cm³/mol. The zero-order chi connectivity index (χ0) is 12.4. The molecule has 0 fully saturated rings. The minimum atomic E-state index is -0.658. The third kappa shape index (κ3) is 2.47. The van der Waals surface area contributed by atoms with Gasteiger partial charge in [0.15, 0.2) is 11.4 Å². The maximum absolute atomic E-state index is 13.4. The van der Waals surface area contributed by atoms with E-state index in [9.17, 15) is 8.78 Å². The van der Waals surface area contributed by atoms with Crippen molar-refractivity contribution in [1.29, 1.82) is 0 Å². The fraction of sp³-hybridized carbons (Fsp3) is 0.385. The molecule has 2 aromatic rings. The average molecular weight is 239 g/mol. The van der Waals surface area contributed by atoms with Crippen molar-refractivity contribution in [2.45, 2.75) is 26.3 Å². The summed E-state index contributed by atoms with van der Waals surface area (Å²) in [6.45, 7) is 4.85. The van der Waals surface area contributed by atoms with Crippen molar-refractivity contribution in [2.24, 2.45) is 0 Å². The molecule has 2 rings (SSSR count). The highest BCUT2D eigenvalue weighted by atomic mass is 19.1. The Hall–Kier alpha value is -1.42. The van der Waals surface area contributed by atoms with Gasteiger partial charge in [0, 0.05) is 11.5 Å². The molecule has 1 aromatic heterocycles. The molecule has 1 unspecified atom stereocenters. The Kier molecular flexibility index (Phi) is 3.43. The van der Waals surface area contributed by atoms with Crippen molar-refractivity contribution < 1.29 is 13.2 Å². The first-order valence-corrected chi connectivity index (χ1v) is 5.73. The van der Waals surface area contributed by atoms with Crippen LogP contribution in [0.5, 0.6) is 0 Å². The van der Waals surface area contributed by atoms with E-state index >= 15 is 0 Å². The third-order valence-electron chi connectivity index (χ3n) is 2.68. The highest BCUT2D eigenvalue weighted by molar-refractivity contribution is 5.78. The third-order valence-corrected chi connectivity index (χ3v) is 2.68. The fourth-order valence-corrected chi connectivity index (χ4v) is 1.77. The minimum absolute atomic E-state index is 0.00943. The lowest BCUT2D eigenvalue weighted by Crippen LogP contribution is -2.18. The van der Waals surface area contributed by atoms with E-state index < -0.39 is 11.6 Å². The molecule has 1 heterocycles. The van der Waals surface area contributed by atoms with Gasteiger partial charge in [-0.15, -0.1) is 0 Å². The second-order valence-corrected chi connectivity index (χ2v) is 4.13.